The summed E-state index contributed by atoms with van der Waals surface area (Å²) in [6.45, 7) is 7.45. The molecule has 86 valence electrons. The molecule has 2 atom stereocenters. The minimum atomic E-state index is 0.457. The Morgan fingerprint density at radius 2 is 1.81 bits per heavy atom. The van der Waals surface area contributed by atoms with Crippen molar-refractivity contribution in [1.29, 1.82) is 0 Å². The van der Waals surface area contributed by atoms with E-state index in [9.17, 15) is 0 Å². The van der Waals surface area contributed by atoms with E-state index in [4.69, 9.17) is 0 Å². The standard InChI is InChI=1S/C16H22/c1-15(2)9-6-10-16(3)13-8-5-4-7-12(13)11-14(15)16/h4-5,7-8,14H,6,9-11H2,1-3H3/t14-,16-/m0/s1. The van der Waals surface area contributed by atoms with Crippen LogP contribution < -0.4 is 0 Å². The average molecular weight is 214 g/mol. The zero-order chi connectivity index (χ0) is 11.4. The van der Waals surface area contributed by atoms with Gasteiger partial charge in [0.2, 0.25) is 0 Å². The summed E-state index contributed by atoms with van der Waals surface area (Å²) in [6, 6.07) is 9.13. The summed E-state index contributed by atoms with van der Waals surface area (Å²) in [6.07, 6.45) is 5.49. The molecule has 2 aliphatic carbocycles. The molecule has 0 nitrogen and oxygen atoms in total. The van der Waals surface area contributed by atoms with E-state index < -0.39 is 0 Å². The quantitative estimate of drug-likeness (QED) is 0.603. The van der Waals surface area contributed by atoms with Gasteiger partial charge in [-0.25, -0.2) is 0 Å². The van der Waals surface area contributed by atoms with Crippen LogP contribution in [0.2, 0.25) is 0 Å². The van der Waals surface area contributed by atoms with Crippen LogP contribution in [0.3, 0.4) is 0 Å². The summed E-state index contributed by atoms with van der Waals surface area (Å²) in [5, 5.41) is 0. The van der Waals surface area contributed by atoms with E-state index in [1.54, 1.807) is 11.1 Å². The maximum atomic E-state index is 2.50. The number of hydrogen-bond acceptors (Lipinski definition) is 0. The molecular formula is C16H22. The van der Waals surface area contributed by atoms with Gasteiger partial charge < -0.3 is 0 Å². The first-order valence-corrected chi connectivity index (χ1v) is 6.62. The molecule has 0 saturated heterocycles. The smallest absolute Gasteiger partial charge is 0.00360 e. The van der Waals surface area contributed by atoms with Crippen molar-refractivity contribution in [2.24, 2.45) is 11.3 Å². The highest BCUT2D eigenvalue weighted by molar-refractivity contribution is 5.41. The highest BCUT2D eigenvalue weighted by Crippen LogP contribution is 2.57. The molecule has 2 aliphatic rings. The van der Waals surface area contributed by atoms with Crippen LogP contribution in [0.1, 0.15) is 51.2 Å². The second kappa shape index (κ2) is 3.12. The molecule has 0 aromatic heterocycles. The van der Waals surface area contributed by atoms with Gasteiger partial charge in [-0.05, 0) is 47.1 Å². The lowest BCUT2D eigenvalue weighted by Gasteiger charge is -2.47. The number of fused-ring (bicyclic) bond motifs is 3. The third-order valence-corrected chi connectivity index (χ3v) is 5.29. The number of rotatable bonds is 0. The topological polar surface area (TPSA) is 0 Å². The number of hydrogen-bond donors (Lipinski definition) is 0. The normalized spacial score (nSPS) is 35.6. The third-order valence-electron chi connectivity index (χ3n) is 5.29. The highest BCUT2D eigenvalue weighted by atomic mass is 14.5. The summed E-state index contributed by atoms with van der Waals surface area (Å²) in [4.78, 5) is 0. The Bertz CT molecular complexity index is 416. The van der Waals surface area contributed by atoms with Gasteiger partial charge in [0.15, 0.2) is 0 Å². The molecule has 1 aromatic carbocycles. The molecule has 0 spiro atoms. The summed E-state index contributed by atoms with van der Waals surface area (Å²) in [7, 11) is 0. The minimum Gasteiger partial charge on any atom is -0.0620 e. The van der Waals surface area contributed by atoms with Gasteiger partial charge in [-0.15, -0.1) is 0 Å². The molecule has 16 heavy (non-hydrogen) atoms. The van der Waals surface area contributed by atoms with Crippen LogP contribution in [0, 0.1) is 11.3 Å². The zero-order valence-electron chi connectivity index (χ0n) is 10.7. The largest absolute Gasteiger partial charge is 0.0620 e. The second-order valence-electron chi connectivity index (χ2n) is 6.67. The van der Waals surface area contributed by atoms with Gasteiger partial charge in [0.05, 0.1) is 0 Å². The molecule has 0 bridgehead atoms. The molecule has 3 rings (SSSR count). The van der Waals surface area contributed by atoms with Gasteiger partial charge in [0.1, 0.15) is 0 Å². The van der Waals surface area contributed by atoms with Crippen molar-refractivity contribution in [2.75, 3.05) is 0 Å². The van der Waals surface area contributed by atoms with Gasteiger partial charge in [0.25, 0.3) is 0 Å². The fourth-order valence-electron chi connectivity index (χ4n) is 4.42. The number of benzene rings is 1. The Morgan fingerprint density at radius 3 is 2.62 bits per heavy atom. The van der Waals surface area contributed by atoms with Gasteiger partial charge in [-0.2, -0.15) is 0 Å². The van der Waals surface area contributed by atoms with Crippen molar-refractivity contribution >= 4 is 0 Å². The fraction of sp³-hybridized carbons (Fsp3) is 0.625. The Morgan fingerprint density at radius 1 is 1.06 bits per heavy atom. The molecule has 0 aliphatic heterocycles. The molecule has 1 aromatic rings. The van der Waals surface area contributed by atoms with Crippen molar-refractivity contribution in [3.63, 3.8) is 0 Å². The minimum absolute atomic E-state index is 0.457. The lowest BCUT2D eigenvalue weighted by Crippen LogP contribution is -2.42. The second-order valence-corrected chi connectivity index (χ2v) is 6.67. The SMILES string of the molecule is CC1(C)CCC[C@@]2(C)c3ccccc3C[C@@H]12. The molecule has 1 fully saturated rings. The molecular weight excluding hydrogens is 192 g/mol. The van der Waals surface area contributed by atoms with Crippen LogP contribution in [-0.4, -0.2) is 0 Å². The van der Waals surface area contributed by atoms with Crippen molar-refractivity contribution in [2.45, 2.75) is 51.9 Å². The molecule has 0 radical (unpaired) electrons. The zero-order valence-corrected chi connectivity index (χ0v) is 10.7. The third kappa shape index (κ3) is 1.22. The van der Waals surface area contributed by atoms with Gasteiger partial charge in [-0.3, -0.25) is 0 Å². The van der Waals surface area contributed by atoms with Crippen molar-refractivity contribution < 1.29 is 0 Å². The lowest BCUT2D eigenvalue weighted by atomic mass is 9.57. The van der Waals surface area contributed by atoms with Crippen LogP contribution >= 0.6 is 0 Å². The monoisotopic (exact) mass is 214 g/mol. The van der Waals surface area contributed by atoms with Gasteiger partial charge in [-0.1, -0.05) is 51.5 Å². The summed E-state index contributed by atoms with van der Waals surface area (Å²) < 4.78 is 0. The van der Waals surface area contributed by atoms with E-state index in [2.05, 4.69) is 45.0 Å². The Labute approximate surface area is 99.1 Å². The van der Waals surface area contributed by atoms with Gasteiger partial charge in [0, 0.05) is 0 Å². The van der Waals surface area contributed by atoms with Crippen molar-refractivity contribution in [1.82, 2.24) is 0 Å². The lowest BCUT2D eigenvalue weighted by molar-refractivity contribution is 0.0702. The van der Waals surface area contributed by atoms with E-state index in [1.807, 2.05) is 0 Å². The molecule has 0 heterocycles. The van der Waals surface area contributed by atoms with E-state index in [0.29, 0.717) is 10.8 Å². The maximum absolute atomic E-state index is 2.50. The van der Waals surface area contributed by atoms with Crippen LogP contribution in [-0.2, 0) is 11.8 Å². The van der Waals surface area contributed by atoms with Crippen molar-refractivity contribution in [3.8, 4) is 0 Å². The predicted octanol–water partition coefficient (Wildman–Crippen LogP) is 4.33. The Kier molecular flexibility index (Phi) is 2.02. The van der Waals surface area contributed by atoms with Crippen molar-refractivity contribution in [3.05, 3.63) is 35.4 Å². The summed E-state index contributed by atoms with van der Waals surface area (Å²) >= 11 is 0. The van der Waals surface area contributed by atoms with Crippen LogP contribution in [0.5, 0.6) is 0 Å². The molecule has 0 N–H and O–H groups in total. The van der Waals surface area contributed by atoms with E-state index in [-0.39, 0.29) is 0 Å². The average Bonchev–Trinajstić information content (AvgIpc) is 2.54. The maximum Gasteiger partial charge on any atom is -0.00360 e. The molecule has 1 saturated carbocycles. The summed E-state index contributed by atoms with van der Waals surface area (Å²) in [5.41, 5.74) is 4.24. The van der Waals surface area contributed by atoms with Crippen LogP contribution in [0.25, 0.3) is 0 Å². The predicted molar refractivity (Wildman–Crippen MR) is 68.6 cm³/mol. The molecule has 0 heteroatoms. The van der Waals surface area contributed by atoms with Crippen LogP contribution in [0.4, 0.5) is 0 Å². The highest BCUT2D eigenvalue weighted by Gasteiger charge is 2.51. The summed E-state index contributed by atoms with van der Waals surface area (Å²) in [5.74, 6) is 0.853. The van der Waals surface area contributed by atoms with E-state index in [1.165, 1.54) is 25.7 Å². The first kappa shape index (κ1) is 10.4. The fourth-order valence-corrected chi connectivity index (χ4v) is 4.42. The van der Waals surface area contributed by atoms with Crippen LogP contribution in [0.15, 0.2) is 24.3 Å². The first-order chi connectivity index (χ1) is 7.54. The van der Waals surface area contributed by atoms with E-state index >= 15 is 0 Å². The Balaban J connectivity index is 2.12. The Hall–Kier alpha value is -0.780. The molecule has 0 amide bonds. The van der Waals surface area contributed by atoms with E-state index in [0.717, 1.165) is 5.92 Å². The first-order valence-electron chi connectivity index (χ1n) is 6.62. The molecule has 0 unspecified atom stereocenters. The van der Waals surface area contributed by atoms with Gasteiger partial charge >= 0.3 is 0 Å².